The lowest BCUT2D eigenvalue weighted by Gasteiger charge is -2.13. The molecule has 0 aromatic heterocycles. The van der Waals surface area contributed by atoms with Crippen LogP contribution >= 0.6 is 15.9 Å². The van der Waals surface area contributed by atoms with Gasteiger partial charge in [0.05, 0.1) is 15.5 Å². The number of hydrogen-bond acceptors (Lipinski definition) is 5. The Morgan fingerprint density at radius 2 is 1.76 bits per heavy atom. The zero-order valence-corrected chi connectivity index (χ0v) is 15.5. The second-order valence-corrected chi connectivity index (χ2v) is 10.2. The van der Waals surface area contributed by atoms with Crippen LogP contribution in [0.5, 0.6) is 0 Å². The van der Waals surface area contributed by atoms with E-state index in [9.17, 15) is 16.8 Å². The minimum atomic E-state index is -3.51. The largest absolute Gasteiger partial charge is 0.384 e. The van der Waals surface area contributed by atoms with Crippen LogP contribution in [0.1, 0.15) is 19.8 Å². The van der Waals surface area contributed by atoms with Crippen LogP contribution in [0, 0.1) is 0 Å². The molecule has 0 spiro atoms. The summed E-state index contributed by atoms with van der Waals surface area (Å²) in [5.41, 5.74) is 0.431. The predicted molar refractivity (Wildman–Crippen MR) is 88.8 cm³/mol. The van der Waals surface area contributed by atoms with Gasteiger partial charge in [-0.25, -0.2) is 16.8 Å². The summed E-state index contributed by atoms with van der Waals surface area (Å²) in [6, 6.07) is 4.12. The van der Waals surface area contributed by atoms with Crippen LogP contribution in [0.4, 0.5) is 5.69 Å². The van der Waals surface area contributed by atoms with Gasteiger partial charge in [-0.15, -0.1) is 0 Å². The highest BCUT2D eigenvalue weighted by Gasteiger charge is 2.17. The Bertz CT molecular complexity index is 699. The van der Waals surface area contributed by atoms with Gasteiger partial charge in [0.25, 0.3) is 0 Å². The maximum atomic E-state index is 11.8. The van der Waals surface area contributed by atoms with Crippen molar-refractivity contribution < 1.29 is 16.8 Å². The van der Waals surface area contributed by atoms with Crippen LogP contribution in [-0.2, 0) is 19.7 Å². The van der Waals surface area contributed by atoms with E-state index < -0.39 is 19.7 Å². The highest BCUT2D eigenvalue weighted by molar-refractivity contribution is 9.09. The first-order valence-corrected chi connectivity index (χ1v) is 11.2. The minimum Gasteiger partial charge on any atom is -0.384 e. The van der Waals surface area contributed by atoms with Crippen LogP contribution in [0.15, 0.2) is 28.0 Å². The standard InChI is InChI=1S/C13H20BrNO4S2/c1-4-10(14)7-8-15-12-6-5-11(20(2,16)17)9-13(12)21(3,18)19/h5-6,9-10,15H,4,7-8H2,1-3H3. The predicted octanol–water partition coefficient (Wildman–Crippen LogP) is 2.47. The van der Waals surface area contributed by atoms with Crippen molar-refractivity contribution >= 4 is 41.3 Å². The number of anilines is 1. The Morgan fingerprint density at radius 3 is 2.24 bits per heavy atom. The van der Waals surface area contributed by atoms with Gasteiger partial charge < -0.3 is 5.32 Å². The van der Waals surface area contributed by atoms with Crippen molar-refractivity contribution in [2.24, 2.45) is 0 Å². The number of sulfone groups is 2. The third-order valence-corrected chi connectivity index (χ3v) is 6.35. The van der Waals surface area contributed by atoms with Crippen LogP contribution in [-0.4, -0.2) is 40.7 Å². The lowest BCUT2D eigenvalue weighted by atomic mass is 10.2. The maximum Gasteiger partial charge on any atom is 0.177 e. The van der Waals surface area contributed by atoms with Crippen molar-refractivity contribution in [3.8, 4) is 0 Å². The number of alkyl halides is 1. The number of rotatable bonds is 7. The van der Waals surface area contributed by atoms with Crippen molar-refractivity contribution in [2.75, 3.05) is 24.4 Å². The summed E-state index contributed by atoms with van der Waals surface area (Å²) in [4.78, 5) is 0.371. The average molecular weight is 398 g/mol. The van der Waals surface area contributed by atoms with Crippen LogP contribution in [0.25, 0.3) is 0 Å². The van der Waals surface area contributed by atoms with E-state index in [1.807, 2.05) is 0 Å². The van der Waals surface area contributed by atoms with Gasteiger partial charge in [-0.3, -0.25) is 0 Å². The van der Waals surface area contributed by atoms with Gasteiger partial charge in [0.2, 0.25) is 0 Å². The van der Waals surface area contributed by atoms with Crippen LogP contribution in [0.3, 0.4) is 0 Å². The van der Waals surface area contributed by atoms with E-state index in [1.165, 1.54) is 18.2 Å². The van der Waals surface area contributed by atoms with E-state index in [0.717, 1.165) is 25.4 Å². The topological polar surface area (TPSA) is 80.3 Å². The molecule has 1 aromatic carbocycles. The molecule has 0 radical (unpaired) electrons. The molecule has 1 rings (SSSR count). The summed E-state index contributed by atoms with van der Waals surface area (Å²) in [6.45, 7) is 2.66. The lowest BCUT2D eigenvalue weighted by Crippen LogP contribution is -2.11. The SMILES string of the molecule is CCC(Br)CCNc1ccc(S(C)(=O)=O)cc1S(C)(=O)=O. The number of nitrogens with one attached hydrogen (secondary N) is 1. The summed E-state index contributed by atoms with van der Waals surface area (Å²) >= 11 is 3.51. The number of benzene rings is 1. The summed E-state index contributed by atoms with van der Waals surface area (Å²) in [6.07, 6.45) is 3.94. The highest BCUT2D eigenvalue weighted by Crippen LogP contribution is 2.25. The molecule has 0 saturated carbocycles. The first-order valence-electron chi connectivity index (χ1n) is 6.47. The first kappa shape index (κ1) is 18.4. The lowest BCUT2D eigenvalue weighted by molar-refractivity contribution is 0.600. The highest BCUT2D eigenvalue weighted by atomic mass is 79.9. The molecule has 1 N–H and O–H groups in total. The second-order valence-electron chi connectivity index (χ2n) is 4.92. The summed E-state index contributed by atoms with van der Waals surface area (Å²) in [7, 11) is -6.95. The summed E-state index contributed by atoms with van der Waals surface area (Å²) in [5, 5.41) is 3.06. The fourth-order valence-electron chi connectivity index (χ4n) is 1.75. The van der Waals surface area contributed by atoms with Crippen molar-refractivity contribution in [1.82, 2.24) is 0 Å². The molecule has 0 bridgehead atoms. The fourth-order valence-corrected chi connectivity index (χ4v) is 3.59. The molecule has 5 nitrogen and oxygen atoms in total. The molecule has 0 aliphatic carbocycles. The van der Waals surface area contributed by atoms with Crippen LogP contribution in [0.2, 0.25) is 0 Å². The molecule has 1 unspecified atom stereocenters. The Hall–Kier alpha value is -0.600. The van der Waals surface area contributed by atoms with E-state index in [0.29, 0.717) is 17.1 Å². The zero-order valence-electron chi connectivity index (χ0n) is 12.3. The van der Waals surface area contributed by atoms with Gasteiger partial charge in [0.1, 0.15) is 0 Å². The molecular formula is C13H20BrNO4S2. The minimum absolute atomic E-state index is 0.000372. The van der Waals surface area contributed by atoms with Crippen molar-refractivity contribution in [3.63, 3.8) is 0 Å². The van der Waals surface area contributed by atoms with Crippen molar-refractivity contribution in [2.45, 2.75) is 34.4 Å². The average Bonchev–Trinajstić information content (AvgIpc) is 2.36. The Kier molecular flexibility index (Phi) is 6.24. The molecule has 0 amide bonds. The summed E-state index contributed by atoms with van der Waals surface area (Å²) in [5.74, 6) is 0. The second kappa shape index (κ2) is 7.11. The molecule has 0 aliphatic heterocycles. The first-order chi connectivity index (χ1) is 9.55. The quantitative estimate of drug-likeness (QED) is 0.714. The Labute approximate surface area is 135 Å². The van der Waals surface area contributed by atoms with E-state index in [4.69, 9.17) is 0 Å². The van der Waals surface area contributed by atoms with E-state index in [2.05, 4.69) is 28.2 Å². The van der Waals surface area contributed by atoms with Gasteiger partial charge in [-0.2, -0.15) is 0 Å². The molecule has 1 aromatic rings. The fraction of sp³-hybridized carbons (Fsp3) is 0.538. The molecule has 21 heavy (non-hydrogen) atoms. The van der Waals surface area contributed by atoms with E-state index in [1.54, 1.807) is 0 Å². The van der Waals surface area contributed by atoms with Crippen molar-refractivity contribution in [1.29, 1.82) is 0 Å². The maximum absolute atomic E-state index is 11.8. The monoisotopic (exact) mass is 397 g/mol. The van der Waals surface area contributed by atoms with E-state index in [-0.39, 0.29) is 9.79 Å². The van der Waals surface area contributed by atoms with Gasteiger partial charge >= 0.3 is 0 Å². The molecular weight excluding hydrogens is 378 g/mol. The normalized spacial score (nSPS) is 13.9. The van der Waals surface area contributed by atoms with Crippen molar-refractivity contribution in [3.05, 3.63) is 18.2 Å². The zero-order chi connectivity index (χ0) is 16.3. The Balaban J connectivity index is 3.10. The van der Waals surface area contributed by atoms with Crippen LogP contribution < -0.4 is 5.32 Å². The molecule has 1 atom stereocenters. The molecule has 0 fully saturated rings. The van der Waals surface area contributed by atoms with Gasteiger partial charge in [0.15, 0.2) is 19.7 Å². The molecule has 0 heterocycles. The van der Waals surface area contributed by atoms with Gasteiger partial charge in [-0.05, 0) is 31.0 Å². The third kappa shape index (κ3) is 5.60. The van der Waals surface area contributed by atoms with Gasteiger partial charge in [0, 0.05) is 23.9 Å². The molecule has 0 aliphatic rings. The number of hydrogen-bond donors (Lipinski definition) is 1. The molecule has 8 heteroatoms. The summed E-state index contributed by atoms with van der Waals surface area (Å²) < 4.78 is 46.8. The third-order valence-electron chi connectivity index (χ3n) is 3.00. The van der Waals surface area contributed by atoms with E-state index >= 15 is 0 Å². The Morgan fingerprint density at radius 1 is 1.14 bits per heavy atom. The molecule has 120 valence electrons. The smallest absolute Gasteiger partial charge is 0.177 e. The molecule has 0 saturated heterocycles. The van der Waals surface area contributed by atoms with Gasteiger partial charge in [-0.1, -0.05) is 22.9 Å². The number of halogens is 1.